The van der Waals surface area contributed by atoms with E-state index < -0.39 is 0 Å². The van der Waals surface area contributed by atoms with Gasteiger partial charge in [0.25, 0.3) is 0 Å². The number of aromatic amines is 1. The molecule has 0 aromatic carbocycles. The molecule has 1 aromatic heterocycles. The first kappa shape index (κ1) is 13.6. The predicted molar refractivity (Wildman–Crippen MR) is 72.1 cm³/mol. The number of hydrogen-bond acceptors (Lipinski definition) is 5. The van der Waals surface area contributed by atoms with Crippen molar-refractivity contribution in [2.45, 2.75) is 56.9 Å². The lowest BCUT2D eigenvalue weighted by molar-refractivity contribution is -0.155. The minimum absolute atomic E-state index is 0.0106. The first-order valence-corrected chi connectivity index (χ1v) is 7.24. The Balaban J connectivity index is 1.55. The Hall–Kier alpha value is -1.40. The fourth-order valence-electron chi connectivity index (χ4n) is 3.01. The van der Waals surface area contributed by atoms with Gasteiger partial charge in [0, 0.05) is 26.5 Å². The zero-order valence-corrected chi connectivity index (χ0v) is 11.7. The Kier molecular flexibility index (Phi) is 4.03. The molecular weight excluding hydrogens is 258 g/mol. The Bertz CT molecular complexity index is 474. The van der Waals surface area contributed by atoms with Crippen LogP contribution in [0.15, 0.2) is 6.33 Å². The second-order valence-corrected chi connectivity index (χ2v) is 5.55. The van der Waals surface area contributed by atoms with Crippen LogP contribution in [0.5, 0.6) is 0 Å². The Labute approximate surface area is 118 Å². The number of nitrogens with one attached hydrogen (secondary N) is 2. The van der Waals surface area contributed by atoms with Gasteiger partial charge in [0.1, 0.15) is 12.1 Å². The highest BCUT2D eigenvalue weighted by Gasteiger charge is 2.30. The lowest BCUT2D eigenvalue weighted by Crippen LogP contribution is -2.44. The lowest BCUT2D eigenvalue weighted by Gasteiger charge is -2.30. The van der Waals surface area contributed by atoms with Gasteiger partial charge >= 0.3 is 5.97 Å². The van der Waals surface area contributed by atoms with Crippen molar-refractivity contribution in [2.24, 2.45) is 0 Å². The van der Waals surface area contributed by atoms with Gasteiger partial charge in [0.05, 0.1) is 23.8 Å². The van der Waals surface area contributed by atoms with E-state index >= 15 is 0 Å². The van der Waals surface area contributed by atoms with Crippen LogP contribution in [-0.2, 0) is 27.2 Å². The molecule has 110 valence electrons. The highest BCUT2D eigenvalue weighted by Crippen LogP contribution is 2.24. The first-order valence-electron chi connectivity index (χ1n) is 7.24. The Morgan fingerprint density at radius 2 is 2.25 bits per heavy atom. The molecule has 2 aliphatic rings. The molecule has 1 saturated carbocycles. The molecule has 0 spiro atoms. The highest BCUT2D eigenvalue weighted by atomic mass is 16.5. The quantitative estimate of drug-likeness (QED) is 0.805. The lowest BCUT2D eigenvalue weighted by atomic mass is 9.94. The normalized spacial score (nSPS) is 29.8. The molecule has 0 bridgehead atoms. The second kappa shape index (κ2) is 5.93. The van der Waals surface area contributed by atoms with Crippen molar-refractivity contribution in [2.75, 3.05) is 7.11 Å². The summed E-state index contributed by atoms with van der Waals surface area (Å²) in [5, 5.41) is 3.20. The van der Waals surface area contributed by atoms with Crippen LogP contribution in [0, 0.1) is 0 Å². The molecular formula is C14H21N3O3. The van der Waals surface area contributed by atoms with Crippen molar-refractivity contribution < 1.29 is 14.3 Å². The topological polar surface area (TPSA) is 76.2 Å². The molecule has 1 aromatic rings. The third-order valence-corrected chi connectivity index (χ3v) is 4.21. The van der Waals surface area contributed by atoms with Crippen LogP contribution in [0.3, 0.4) is 0 Å². The van der Waals surface area contributed by atoms with Gasteiger partial charge in [-0.2, -0.15) is 0 Å². The predicted octanol–water partition coefficient (Wildman–Crippen LogP) is 0.925. The second-order valence-electron chi connectivity index (χ2n) is 5.55. The molecule has 0 saturated heterocycles. The number of nitrogens with zero attached hydrogens (tertiary/aromatic N) is 1. The van der Waals surface area contributed by atoms with E-state index in [-0.39, 0.29) is 24.2 Å². The van der Waals surface area contributed by atoms with Crippen LogP contribution < -0.4 is 5.32 Å². The van der Waals surface area contributed by atoms with Crippen LogP contribution in [0.4, 0.5) is 0 Å². The smallest absolute Gasteiger partial charge is 0.323 e. The molecule has 1 aliphatic carbocycles. The minimum atomic E-state index is -0.284. The zero-order chi connectivity index (χ0) is 13.9. The molecule has 6 heteroatoms. The summed E-state index contributed by atoms with van der Waals surface area (Å²) in [6, 6.07) is -0.284. The molecule has 6 nitrogen and oxygen atoms in total. The molecule has 20 heavy (non-hydrogen) atoms. The van der Waals surface area contributed by atoms with Crippen molar-refractivity contribution in [1.29, 1.82) is 0 Å². The third kappa shape index (κ3) is 2.86. The van der Waals surface area contributed by atoms with E-state index in [0.717, 1.165) is 37.1 Å². The molecule has 3 rings (SSSR count). The first-order chi connectivity index (χ1) is 9.76. The number of carbonyl (C=O) groups excluding carboxylic acids is 1. The molecule has 0 radical (unpaired) electrons. The monoisotopic (exact) mass is 279 g/mol. The molecule has 3 unspecified atom stereocenters. The van der Waals surface area contributed by atoms with Gasteiger partial charge in [-0.1, -0.05) is 0 Å². The van der Waals surface area contributed by atoms with E-state index in [9.17, 15) is 4.79 Å². The average Bonchev–Trinajstić information content (AvgIpc) is 2.94. The number of fused-ring (bicyclic) bond motifs is 1. The third-order valence-electron chi connectivity index (χ3n) is 4.21. The number of methoxy groups -OCH3 is 1. The van der Waals surface area contributed by atoms with Crippen molar-refractivity contribution in [3.8, 4) is 0 Å². The number of imidazole rings is 1. The van der Waals surface area contributed by atoms with E-state index in [1.165, 1.54) is 0 Å². The molecule has 1 aliphatic heterocycles. The number of hydrogen-bond donors (Lipinski definition) is 2. The molecule has 2 N–H and O–H groups in total. The standard InChI is InChI=1S/C14H21N3O3/c1-19-9-3-2-4-10(5-9)20-14(18)12-6-11-13(7-15-12)17-8-16-11/h8-10,12,15H,2-7H2,1H3,(H,16,17). The van der Waals surface area contributed by atoms with E-state index in [1.54, 1.807) is 13.4 Å². The summed E-state index contributed by atoms with van der Waals surface area (Å²) in [5.74, 6) is -0.166. The number of esters is 1. The highest BCUT2D eigenvalue weighted by molar-refractivity contribution is 5.76. The van der Waals surface area contributed by atoms with E-state index in [4.69, 9.17) is 9.47 Å². The molecule has 2 heterocycles. The maximum atomic E-state index is 12.2. The average molecular weight is 279 g/mol. The number of ether oxygens (including phenoxy) is 2. The Morgan fingerprint density at radius 1 is 1.40 bits per heavy atom. The van der Waals surface area contributed by atoms with Crippen LogP contribution >= 0.6 is 0 Å². The van der Waals surface area contributed by atoms with Crippen molar-refractivity contribution >= 4 is 5.97 Å². The summed E-state index contributed by atoms with van der Waals surface area (Å²) in [4.78, 5) is 19.5. The molecule has 1 fully saturated rings. The summed E-state index contributed by atoms with van der Waals surface area (Å²) in [6.07, 6.45) is 6.33. The number of H-pyrrole nitrogens is 1. The van der Waals surface area contributed by atoms with Gasteiger partial charge in [0.2, 0.25) is 0 Å². The summed E-state index contributed by atoms with van der Waals surface area (Å²) >= 11 is 0. The summed E-state index contributed by atoms with van der Waals surface area (Å²) < 4.78 is 11.0. The zero-order valence-electron chi connectivity index (χ0n) is 11.7. The van der Waals surface area contributed by atoms with Gasteiger partial charge in [0.15, 0.2) is 0 Å². The van der Waals surface area contributed by atoms with Gasteiger partial charge < -0.3 is 14.5 Å². The van der Waals surface area contributed by atoms with Crippen molar-refractivity contribution in [3.05, 3.63) is 17.7 Å². The van der Waals surface area contributed by atoms with Gasteiger partial charge in [-0.15, -0.1) is 0 Å². The number of aromatic nitrogens is 2. The van der Waals surface area contributed by atoms with E-state index in [2.05, 4.69) is 15.3 Å². The summed E-state index contributed by atoms with van der Waals surface area (Å²) in [5.41, 5.74) is 2.02. The fraction of sp³-hybridized carbons (Fsp3) is 0.714. The van der Waals surface area contributed by atoms with E-state index in [0.29, 0.717) is 13.0 Å². The summed E-state index contributed by atoms with van der Waals surface area (Å²) in [6.45, 7) is 0.639. The van der Waals surface area contributed by atoms with Crippen LogP contribution in [0.2, 0.25) is 0 Å². The van der Waals surface area contributed by atoms with Gasteiger partial charge in [-0.05, 0) is 19.3 Å². The SMILES string of the molecule is COC1CCCC(OC(=O)C2Cc3nc[nH]c3CN2)C1. The van der Waals surface area contributed by atoms with Crippen molar-refractivity contribution in [1.82, 2.24) is 15.3 Å². The maximum absolute atomic E-state index is 12.2. The van der Waals surface area contributed by atoms with Gasteiger partial charge in [-0.25, -0.2) is 4.98 Å². The van der Waals surface area contributed by atoms with Gasteiger partial charge in [-0.3, -0.25) is 10.1 Å². The summed E-state index contributed by atoms with van der Waals surface area (Å²) in [7, 11) is 1.72. The minimum Gasteiger partial charge on any atom is -0.461 e. The number of rotatable bonds is 3. The number of carbonyl (C=O) groups is 1. The van der Waals surface area contributed by atoms with Crippen LogP contribution in [0.25, 0.3) is 0 Å². The fourth-order valence-corrected chi connectivity index (χ4v) is 3.01. The van der Waals surface area contributed by atoms with Crippen LogP contribution in [0.1, 0.15) is 37.1 Å². The maximum Gasteiger partial charge on any atom is 0.323 e. The largest absolute Gasteiger partial charge is 0.461 e. The molecule has 0 amide bonds. The van der Waals surface area contributed by atoms with Crippen LogP contribution in [-0.4, -0.2) is 41.3 Å². The Morgan fingerprint density at radius 3 is 3.10 bits per heavy atom. The van der Waals surface area contributed by atoms with Crippen molar-refractivity contribution in [3.63, 3.8) is 0 Å². The van der Waals surface area contributed by atoms with E-state index in [1.807, 2.05) is 0 Å². The molecule has 3 atom stereocenters.